The van der Waals surface area contributed by atoms with Crippen molar-refractivity contribution in [2.75, 3.05) is 0 Å². The summed E-state index contributed by atoms with van der Waals surface area (Å²) in [6.07, 6.45) is 0.339. The van der Waals surface area contributed by atoms with E-state index in [1.165, 1.54) is 30.3 Å². The number of rotatable bonds is 7. The van der Waals surface area contributed by atoms with Gasteiger partial charge >= 0.3 is 0 Å². The van der Waals surface area contributed by atoms with Crippen molar-refractivity contribution in [2.24, 2.45) is 0 Å². The van der Waals surface area contributed by atoms with Gasteiger partial charge in [-0.25, -0.2) is 0 Å². The van der Waals surface area contributed by atoms with Crippen LogP contribution in [0, 0.1) is 0 Å². The fraction of sp³-hybridized carbons (Fsp3) is 0.120. The predicted molar refractivity (Wildman–Crippen MR) is 143 cm³/mol. The summed E-state index contributed by atoms with van der Waals surface area (Å²) in [4.78, 5) is 27.7. The van der Waals surface area contributed by atoms with E-state index in [9.17, 15) is 14.2 Å². The average molecular weight is 575 g/mol. The van der Waals surface area contributed by atoms with Crippen LogP contribution in [0.4, 0.5) is 0 Å². The molecule has 0 amide bonds. The van der Waals surface area contributed by atoms with Gasteiger partial charge in [-0.1, -0.05) is 106 Å². The van der Waals surface area contributed by atoms with Crippen LogP contribution in [-0.4, -0.2) is 11.0 Å². The second-order valence-corrected chi connectivity index (χ2v) is 12.3. The van der Waals surface area contributed by atoms with Gasteiger partial charge in [-0.05, 0) is 44.0 Å². The number of hydrogen-bond donors (Lipinski definition) is 0. The zero-order chi connectivity index (χ0) is 25.2. The summed E-state index contributed by atoms with van der Waals surface area (Å²) in [5, 5.41) is 0.529. The quantitative estimate of drug-likeness (QED) is 0.265. The van der Waals surface area contributed by atoms with E-state index in [0.717, 1.165) is 5.57 Å². The number of benzene rings is 3. The van der Waals surface area contributed by atoms with Gasteiger partial charge in [-0.3, -0.25) is 9.59 Å². The van der Waals surface area contributed by atoms with Crippen molar-refractivity contribution in [3.05, 3.63) is 108 Å². The summed E-state index contributed by atoms with van der Waals surface area (Å²) >= 11 is 31.5. The van der Waals surface area contributed by atoms with Crippen LogP contribution in [0.25, 0.3) is 0 Å². The first-order chi connectivity index (χ1) is 16.0. The molecule has 0 aliphatic rings. The minimum Gasteiger partial charge on any atom is -0.302 e. The summed E-state index contributed by atoms with van der Waals surface area (Å²) in [6, 6.07) is 15.3. The Morgan fingerprint density at radius 1 is 0.735 bits per heavy atom. The molecule has 0 saturated carbocycles. The normalized spacial score (nSPS) is 13.7. The molecule has 0 saturated heterocycles. The summed E-state index contributed by atoms with van der Waals surface area (Å²) in [5.41, 5.74) is -1.02. The van der Waals surface area contributed by atoms with Gasteiger partial charge in [0.15, 0.2) is 0 Å². The molecule has 1 atom stereocenters. The van der Waals surface area contributed by atoms with E-state index in [1.54, 1.807) is 37.3 Å². The zero-order valence-electron chi connectivity index (χ0n) is 18.0. The predicted octanol–water partition coefficient (Wildman–Crippen LogP) is 9.04. The Morgan fingerprint density at radius 2 is 1.26 bits per heavy atom. The van der Waals surface area contributed by atoms with Crippen molar-refractivity contribution < 1.29 is 14.2 Å². The number of allylic oxidation sites excluding steroid dienone is 2. The van der Waals surface area contributed by atoms with Crippen LogP contribution in [-0.2, 0) is 11.0 Å². The van der Waals surface area contributed by atoms with E-state index in [-0.39, 0.29) is 36.5 Å². The first kappa shape index (κ1) is 27.0. The lowest BCUT2D eigenvalue weighted by Crippen LogP contribution is -2.21. The molecule has 0 fully saturated rings. The van der Waals surface area contributed by atoms with E-state index in [2.05, 4.69) is 0 Å². The van der Waals surface area contributed by atoms with Crippen LogP contribution in [0.3, 0.4) is 0 Å². The molecule has 0 radical (unpaired) electrons. The fourth-order valence-electron chi connectivity index (χ4n) is 3.32. The van der Waals surface area contributed by atoms with Gasteiger partial charge in [0.1, 0.15) is 0 Å². The second-order valence-electron chi connectivity index (χ2n) is 7.54. The monoisotopic (exact) mass is 572 g/mol. The highest BCUT2D eigenvalue weighted by molar-refractivity contribution is 8.01. The Balaban J connectivity index is 2.28. The molecular weight excluding hydrogens is 557 g/mol. The number of hydrogen-bond acceptors (Lipinski definition) is 3. The molecular formula is C25H18Cl5O3P. The Kier molecular flexibility index (Phi) is 8.74. The van der Waals surface area contributed by atoms with E-state index in [0.29, 0.717) is 17.0 Å². The molecule has 0 aliphatic carbocycles. The highest BCUT2D eigenvalue weighted by Crippen LogP contribution is 2.54. The standard InChI is InChI=1S/C25H18Cl5O3P/c1-14(15(2)26)13-16-11-12-20(29)22(23(16)30)25(32)34(33,17-7-4-3-5-8-17)24(31)21-18(27)9-6-10-19(21)28/h3-12H,13H2,1-2H3. The Morgan fingerprint density at radius 3 is 1.82 bits per heavy atom. The van der Waals surface area contributed by atoms with Crippen LogP contribution in [0.1, 0.15) is 40.1 Å². The van der Waals surface area contributed by atoms with Crippen LogP contribution >= 0.6 is 65.1 Å². The lowest BCUT2D eigenvalue weighted by molar-refractivity contribution is 0.104. The van der Waals surface area contributed by atoms with E-state index >= 15 is 0 Å². The largest absolute Gasteiger partial charge is 0.302 e. The molecule has 0 bridgehead atoms. The zero-order valence-corrected chi connectivity index (χ0v) is 22.7. The van der Waals surface area contributed by atoms with E-state index < -0.39 is 18.2 Å². The molecule has 1 unspecified atom stereocenters. The van der Waals surface area contributed by atoms with Gasteiger partial charge in [0, 0.05) is 10.3 Å². The van der Waals surface area contributed by atoms with Crippen LogP contribution < -0.4 is 5.30 Å². The molecule has 3 rings (SSSR count). The maximum Gasteiger partial charge on any atom is 0.248 e. The minimum atomic E-state index is -4.53. The molecule has 0 spiro atoms. The van der Waals surface area contributed by atoms with Gasteiger partial charge < -0.3 is 4.57 Å². The average Bonchev–Trinajstić information content (AvgIpc) is 2.80. The van der Waals surface area contributed by atoms with Crippen molar-refractivity contribution in [3.63, 3.8) is 0 Å². The van der Waals surface area contributed by atoms with Gasteiger partial charge in [-0.2, -0.15) is 0 Å². The van der Waals surface area contributed by atoms with Gasteiger partial charge in [-0.15, -0.1) is 0 Å². The van der Waals surface area contributed by atoms with Crippen LogP contribution in [0.2, 0.25) is 20.1 Å². The Bertz CT molecular complexity index is 1340. The van der Waals surface area contributed by atoms with Crippen LogP contribution in [0.15, 0.2) is 71.3 Å². The summed E-state index contributed by atoms with van der Waals surface area (Å²) in [6.45, 7) is 3.56. The first-order valence-corrected chi connectivity index (χ1v) is 13.6. The molecule has 3 aromatic carbocycles. The first-order valence-electron chi connectivity index (χ1n) is 9.98. The maximum absolute atomic E-state index is 14.5. The number of carbonyl (C=O) groups excluding carboxylic acids is 2. The summed E-state index contributed by atoms with van der Waals surface area (Å²) < 4.78 is 14.5. The number of halogens is 5. The fourth-order valence-corrected chi connectivity index (χ4v) is 7.17. The summed E-state index contributed by atoms with van der Waals surface area (Å²) in [7, 11) is -4.53. The van der Waals surface area contributed by atoms with Crippen LogP contribution in [0.5, 0.6) is 0 Å². The van der Waals surface area contributed by atoms with Gasteiger partial charge in [0.2, 0.25) is 18.2 Å². The highest BCUT2D eigenvalue weighted by atomic mass is 35.5. The lowest BCUT2D eigenvalue weighted by Gasteiger charge is -2.20. The topological polar surface area (TPSA) is 51.2 Å². The van der Waals surface area contributed by atoms with E-state index in [4.69, 9.17) is 58.0 Å². The molecule has 0 heterocycles. The third-order valence-electron chi connectivity index (χ3n) is 5.30. The molecule has 0 aliphatic heterocycles. The van der Waals surface area contributed by atoms with Crippen molar-refractivity contribution in [2.45, 2.75) is 20.3 Å². The molecule has 3 aromatic rings. The van der Waals surface area contributed by atoms with Gasteiger partial charge in [0.25, 0.3) is 0 Å². The Labute approximate surface area is 223 Å². The molecule has 0 N–H and O–H groups in total. The highest BCUT2D eigenvalue weighted by Gasteiger charge is 2.45. The minimum absolute atomic E-state index is 0.00368. The maximum atomic E-state index is 14.5. The molecule has 9 heteroatoms. The second kappa shape index (κ2) is 11.0. The SMILES string of the molecule is CC(Cl)=C(C)Cc1ccc(Cl)c(C(=O)P(=O)(C(=O)c2c(Cl)cccc2Cl)c2ccccc2)c1Cl. The molecule has 176 valence electrons. The Hall–Kier alpha value is -1.58. The van der Waals surface area contributed by atoms with Crippen molar-refractivity contribution in [1.29, 1.82) is 0 Å². The molecule has 0 aromatic heterocycles. The third kappa shape index (κ3) is 5.16. The third-order valence-corrected chi connectivity index (χ3v) is 9.61. The smallest absolute Gasteiger partial charge is 0.248 e. The number of carbonyl (C=O) groups is 2. The van der Waals surface area contributed by atoms with E-state index in [1.807, 2.05) is 6.92 Å². The summed E-state index contributed by atoms with van der Waals surface area (Å²) in [5.74, 6) is 0. The van der Waals surface area contributed by atoms with Crippen molar-refractivity contribution in [3.8, 4) is 0 Å². The molecule has 3 nitrogen and oxygen atoms in total. The van der Waals surface area contributed by atoms with Crippen molar-refractivity contribution >= 4 is 81.5 Å². The molecule has 34 heavy (non-hydrogen) atoms. The van der Waals surface area contributed by atoms with Gasteiger partial charge in [0.05, 0.1) is 31.2 Å². The van der Waals surface area contributed by atoms with Crippen molar-refractivity contribution in [1.82, 2.24) is 0 Å². The lowest BCUT2D eigenvalue weighted by atomic mass is 10.0.